The van der Waals surface area contributed by atoms with Crippen molar-refractivity contribution in [2.75, 3.05) is 0 Å². The highest BCUT2D eigenvalue weighted by Crippen LogP contribution is 2.16. The highest BCUT2D eigenvalue weighted by Gasteiger charge is 2.09. The molecule has 7 heteroatoms. The number of ether oxygens (including phenoxy) is 1. The first-order valence-corrected chi connectivity index (χ1v) is 8.31. The number of carbonyl (C=O) groups excluding carboxylic acids is 1. The maximum Gasteiger partial charge on any atom is 0.243 e. The smallest absolute Gasteiger partial charge is 0.243 e. The van der Waals surface area contributed by atoms with Crippen LogP contribution in [0.4, 0.5) is 0 Å². The van der Waals surface area contributed by atoms with Crippen LogP contribution in [0.1, 0.15) is 25.3 Å². The monoisotopic (exact) mass is 355 g/mol. The predicted molar refractivity (Wildman–Crippen MR) is 95.4 cm³/mol. The molecule has 3 rings (SSSR count). The van der Waals surface area contributed by atoms with Gasteiger partial charge in [-0.1, -0.05) is 24.3 Å². The Kier molecular flexibility index (Phi) is 5.50. The van der Waals surface area contributed by atoms with E-state index >= 15 is 0 Å². The fourth-order valence-electron chi connectivity index (χ4n) is 2.43. The SMILES string of the molecule is CC(=O)N(O)Cc1ccc(OC(C)NCc2nc3ccccc3o2)cc1. The van der Waals surface area contributed by atoms with Gasteiger partial charge in [0.15, 0.2) is 5.58 Å². The largest absolute Gasteiger partial charge is 0.476 e. The summed E-state index contributed by atoms with van der Waals surface area (Å²) < 4.78 is 11.4. The van der Waals surface area contributed by atoms with Crippen molar-refractivity contribution in [1.82, 2.24) is 15.4 Å². The molecule has 2 aromatic carbocycles. The van der Waals surface area contributed by atoms with Crippen LogP contribution in [0.2, 0.25) is 0 Å². The van der Waals surface area contributed by atoms with Crippen LogP contribution in [0.5, 0.6) is 5.75 Å². The molecule has 7 nitrogen and oxygen atoms in total. The summed E-state index contributed by atoms with van der Waals surface area (Å²) >= 11 is 0. The van der Waals surface area contributed by atoms with Crippen molar-refractivity contribution in [2.45, 2.75) is 33.2 Å². The molecule has 0 spiro atoms. The molecule has 1 aromatic heterocycles. The number of aromatic nitrogens is 1. The van der Waals surface area contributed by atoms with E-state index in [9.17, 15) is 10.0 Å². The molecule has 2 N–H and O–H groups in total. The number of benzene rings is 2. The lowest BCUT2D eigenvalue weighted by atomic mass is 10.2. The zero-order valence-electron chi connectivity index (χ0n) is 14.7. The Hall–Kier alpha value is -2.90. The Morgan fingerprint density at radius 1 is 1.27 bits per heavy atom. The number of nitrogens with one attached hydrogen (secondary N) is 1. The molecule has 0 saturated carbocycles. The summed E-state index contributed by atoms with van der Waals surface area (Å²) in [6, 6.07) is 14.8. The van der Waals surface area contributed by atoms with E-state index in [0.717, 1.165) is 16.7 Å². The van der Waals surface area contributed by atoms with Gasteiger partial charge in [0.25, 0.3) is 0 Å². The van der Waals surface area contributed by atoms with Crippen molar-refractivity contribution in [3.63, 3.8) is 0 Å². The predicted octanol–water partition coefficient (Wildman–Crippen LogP) is 3.08. The van der Waals surface area contributed by atoms with Gasteiger partial charge in [-0.05, 0) is 36.8 Å². The van der Waals surface area contributed by atoms with E-state index in [1.165, 1.54) is 6.92 Å². The van der Waals surface area contributed by atoms with Gasteiger partial charge in [0.2, 0.25) is 11.8 Å². The van der Waals surface area contributed by atoms with E-state index in [0.29, 0.717) is 23.2 Å². The van der Waals surface area contributed by atoms with Gasteiger partial charge in [-0.2, -0.15) is 0 Å². The quantitative estimate of drug-likeness (QED) is 0.385. The molecule has 136 valence electrons. The van der Waals surface area contributed by atoms with Crippen LogP contribution in [0.15, 0.2) is 52.9 Å². The third-order valence-corrected chi connectivity index (χ3v) is 3.81. The third-order valence-electron chi connectivity index (χ3n) is 3.81. The Morgan fingerprint density at radius 3 is 2.69 bits per heavy atom. The Balaban J connectivity index is 1.51. The molecular weight excluding hydrogens is 334 g/mol. The van der Waals surface area contributed by atoms with Gasteiger partial charge >= 0.3 is 0 Å². The molecule has 1 unspecified atom stereocenters. The van der Waals surface area contributed by atoms with Crippen molar-refractivity contribution in [3.8, 4) is 5.75 Å². The van der Waals surface area contributed by atoms with Gasteiger partial charge in [-0.25, -0.2) is 10.0 Å². The molecule has 0 saturated heterocycles. The Labute approximate surface area is 151 Å². The summed E-state index contributed by atoms with van der Waals surface area (Å²) in [4.78, 5) is 15.4. The van der Waals surface area contributed by atoms with Gasteiger partial charge in [0, 0.05) is 6.92 Å². The number of rotatable bonds is 7. The zero-order chi connectivity index (χ0) is 18.5. The van der Waals surface area contributed by atoms with Gasteiger partial charge in [-0.15, -0.1) is 0 Å². The van der Waals surface area contributed by atoms with Crippen LogP contribution in [0.3, 0.4) is 0 Å². The first-order valence-electron chi connectivity index (χ1n) is 8.31. The molecule has 0 fully saturated rings. The first kappa shape index (κ1) is 17.9. The lowest BCUT2D eigenvalue weighted by Gasteiger charge is -2.16. The molecule has 1 atom stereocenters. The van der Waals surface area contributed by atoms with E-state index in [1.807, 2.05) is 31.2 Å². The molecule has 0 aliphatic carbocycles. The average Bonchev–Trinajstić information content (AvgIpc) is 3.04. The Morgan fingerprint density at radius 2 is 2.00 bits per heavy atom. The van der Waals surface area contributed by atoms with Crippen molar-refractivity contribution < 1.29 is 19.2 Å². The van der Waals surface area contributed by atoms with Crippen LogP contribution < -0.4 is 10.1 Å². The number of oxazole rings is 1. The van der Waals surface area contributed by atoms with Gasteiger partial charge in [0.1, 0.15) is 17.5 Å². The lowest BCUT2D eigenvalue weighted by Crippen LogP contribution is -2.31. The highest BCUT2D eigenvalue weighted by atomic mass is 16.5. The number of fused-ring (bicyclic) bond motifs is 1. The van der Waals surface area contributed by atoms with Crippen LogP contribution >= 0.6 is 0 Å². The van der Waals surface area contributed by atoms with E-state index in [-0.39, 0.29) is 12.8 Å². The molecule has 0 radical (unpaired) electrons. The van der Waals surface area contributed by atoms with Gasteiger partial charge < -0.3 is 9.15 Å². The second kappa shape index (κ2) is 7.99. The molecule has 26 heavy (non-hydrogen) atoms. The van der Waals surface area contributed by atoms with E-state index in [2.05, 4.69) is 10.3 Å². The van der Waals surface area contributed by atoms with Crippen LogP contribution in [0, 0.1) is 0 Å². The number of nitrogens with zero attached hydrogens (tertiary/aromatic N) is 2. The number of amides is 1. The van der Waals surface area contributed by atoms with Gasteiger partial charge in [-0.3, -0.25) is 15.3 Å². The number of carbonyl (C=O) groups is 1. The number of hydrogen-bond acceptors (Lipinski definition) is 6. The summed E-state index contributed by atoms with van der Waals surface area (Å²) in [7, 11) is 0. The van der Waals surface area contributed by atoms with Crippen LogP contribution in [-0.4, -0.2) is 27.4 Å². The fraction of sp³-hybridized carbons (Fsp3) is 0.263. The minimum absolute atomic E-state index is 0.140. The fourth-order valence-corrected chi connectivity index (χ4v) is 2.43. The number of hydroxylamine groups is 2. The summed E-state index contributed by atoms with van der Waals surface area (Å²) in [5, 5.41) is 13.3. The maximum atomic E-state index is 11.0. The molecular formula is C19H21N3O4. The third kappa shape index (κ3) is 4.59. The summed E-state index contributed by atoms with van der Waals surface area (Å²) in [5.41, 5.74) is 2.40. The van der Waals surface area contributed by atoms with E-state index in [1.54, 1.807) is 24.3 Å². The normalized spacial score (nSPS) is 12.1. The van der Waals surface area contributed by atoms with Gasteiger partial charge in [0.05, 0.1) is 13.1 Å². The van der Waals surface area contributed by atoms with E-state index < -0.39 is 5.91 Å². The van der Waals surface area contributed by atoms with Crippen molar-refractivity contribution >= 4 is 17.0 Å². The van der Waals surface area contributed by atoms with Crippen LogP contribution in [0.25, 0.3) is 11.1 Å². The summed E-state index contributed by atoms with van der Waals surface area (Å²) in [5.74, 6) is 0.880. The van der Waals surface area contributed by atoms with Crippen molar-refractivity contribution in [2.24, 2.45) is 0 Å². The molecule has 0 bridgehead atoms. The first-order chi connectivity index (χ1) is 12.5. The average molecular weight is 355 g/mol. The molecule has 3 aromatic rings. The summed E-state index contributed by atoms with van der Waals surface area (Å²) in [6.45, 7) is 3.79. The molecule has 0 aliphatic heterocycles. The topological polar surface area (TPSA) is 87.8 Å². The second-order valence-electron chi connectivity index (χ2n) is 5.94. The standard InChI is InChI=1S/C19H21N3O4/c1-13(20-11-19-21-17-5-3-4-6-18(17)26-19)25-16-9-7-15(8-10-16)12-22(24)14(2)23/h3-10,13,20,24H,11-12H2,1-2H3. The number of para-hydroxylation sites is 2. The summed E-state index contributed by atoms with van der Waals surface area (Å²) in [6.07, 6.45) is -0.248. The molecule has 1 amide bonds. The second-order valence-corrected chi connectivity index (χ2v) is 5.94. The highest BCUT2D eigenvalue weighted by molar-refractivity contribution is 5.72. The minimum Gasteiger partial charge on any atom is -0.476 e. The van der Waals surface area contributed by atoms with Crippen molar-refractivity contribution in [3.05, 3.63) is 60.0 Å². The lowest BCUT2D eigenvalue weighted by molar-refractivity contribution is -0.165. The zero-order valence-corrected chi connectivity index (χ0v) is 14.7. The Bertz CT molecular complexity index is 843. The molecule has 1 heterocycles. The molecule has 0 aliphatic rings. The number of hydrogen-bond donors (Lipinski definition) is 2. The van der Waals surface area contributed by atoms with Crippen LogP contribution in [-0.2, 0) is 17.9 Å². The maximum absolute atomic E-state index is 11.0. The van der Waals surface area contributed by atoms with Crippen molar-refractivity contribution in [1.29, 1.82) is 0 Å². The van der Waals surface area contributed by atoms with E-state index in [4.69, 9.17) is 9.15 Å². The minimum atomic E-state index is -0.401.